The van der Waals surface area contributed by atoms with E-state index in [1.807, 2.05) is 36.7 Å². The van der Waals surface area contributed by atoms with Crippen molar-refractivity contribution in [3.05, 3.63) is 125 Å². The average Bonchev–Trinajstić information content (AvgIpc) is 3.76. The van der Waals surface area contributed by atoms with Gasteiger partial charge in [0.1, 0.15) is 5.82 Å². The van der Waals surface area contributed by atoms with Crippen LogP contribution in [0, 0.1) is 23.6 Å². The third kappa shape index (κ3) is 6.95. The Balaban J connectivity index is 1.14. The molecular weight excluding hydrogens is 509 g/mol. The maximum atomic E-state index is 13.9. The van der Waals surface area contributed by atoms with E-state index in [2.05, 4.69) is 34.2 Å². The zero-order valence-electron chi connectivity index (χ0n) is 23.6. The summed E-state index contributed by atoms with van der Waals surface area (Å²) in [5, 5.41) is 0. The summed E-state index contributed by atoms with van der Waals surface area (Å²) in [5.41, 5.74) is 6.28. The minimum absolute atomic E-state index is 0.0896. The maximum absolute atomic E-state index is 13.9. The van der Waals surface area contributed by atoms with Gasteiger partial charge in [-0.25, -0.2) is 4.39 Å². The van der Waals surface area contributed by atoms with E-state index in [9.17, 15) is 9.18 Å². The van der Waals surface area contributed by atoms with Crippen molar-refractivity contribution in [1.82, 2.24) is 15.0 Å². The van der Waals surface area contributed by atoms with Gasteiger partial charge in [-0.15, -0.1) is 0 Å². The summed E-state index contributed by atoms with van der Waals surface area (Å²) in [6, 6.07) is 21.2. The third-order valence-corrected chi connectivity index (χ3v) is 9.09. The van der Waals surface area contributed by atoms with Crippen molar-refractivity contribution < 1.29 is 9.18 Å². The molecule has 1 aromatic carbocycles. The fourth-order valence-corrected chi connectivity index (χ4v) is 6.45. The molecule has 3 aromatic heterocycles. The third-order valence-electron chi connectivity index (χ3n) is 9.09. The molecule has 6 rings (SSSR count). The summed E-state index contributed by atoms with van der Waals surface area (Å²) >= 11 is 0. The average molecular weight is 548 g/mol. The molecule has 2 saturated carbocycles. The van der Waals surface area contributed by atoms with Crippen LogP contribution in [0.3, 0.4) is 0 Å². The predicted molar refractivity (Wildman–Crippen MR) is 159 cm³/mol. The van der Waals surface area contributed by atoms with Gasteiger partial charge in [0.2, 0.25) is 0 Å². The van der Waals surface area contributed by atoms with Gasteiger partial charge in [-0.2, -0.15) is 0 Å². The Bertz CT molecular complexity index is 1460. The second-order valence-corrected chi connectivity index (χ2v) is 11.9. The number of carbonyl (C=O) groups is 1. The summed E-state index contributed by atoms with van der Waals surface area (Å²) in [6.07, 6.45) is 15.3. The Morgan fingerprint density at radius 3 is 2.44 bits per heavy atom. The molecule has 41 heavy (non-hydrogen) atoms. The molecule has 5 heteroatoms. The highest BCUT2D eigenvalue weighted by atomic mass is 19.1. The molecule has 0 spiro atoms. The van der Waals surface area contributed by atoms with Crippen molar-refractivity contribution in [3.63, 3.8) is 0 Å². The first-order valence-electron chi connectivity index (χ1n) is 15.2. The van der Waals surface area contributed by atoms with Gasteiger partial charge in [-0.05, 0) is 130 Å². The molecule has 4 aromatic rings. The number of benzene rings is 1. The van der Waals surface area contributed by atoms with Crippen molar-refractivity contribution in [2.24, 2.45) is 17.8 Å². The molecule has 2 aliphatic rings. The van der Waals surface area contributed by atoms with Gasteiger partial charge < -0.3 is 0 Å². The van der Waals surface area contributed by atoms with E-state index in [1.165, 1.54) is 11.6 Å². The summed E-state index contributed by atoms with van der Waals surface area (Å²) in [5.74, 6) is 1.42. The monoisotopic (exact) mass is 547 g/mol. The molecule has 0 saturated heterocycles. The predicted octanol–water partition coefficient (Wildman–Crippen LogP) is 7.76. The zero-order valence-corrected chi connectivity index (χ0v) is 23.6. The molecule has 2 fully saturated rings. The minimum atomic E-state index is -0.179. The maximum Gasteiger partial charge on any atom is 0.168 e. The van der Waals surface area contributed by atoms with Crippen LogP contribution in [0.4, 0.5) is 4.39 Å². The Labute approximate surface area is 242 Å². The van der Waals surface area contributed by atoms with Crippen LogP contribution in [0.1, 0.15) is 83.0 Å². The molecule has 0 aliphatic heterocycles. The standard InChI is InChI=1S/C36H38FN3O/c37-29-8-3-6-25(22-29)12-15-28-23-34(28)35-33(19-17-31(40-35)11-4-10-30-9-1-2-21-39-30)36(41)32-18-16-27(32)14-13-26-7-5-20-38-24-26/h1-3,5-9,17,19-22,24,27-28,32,34H,4,10-16,18,23H2. The molecule has 0 radical (unpaired) electrons. The summed E-state index contributed by atoms with van der Waals surface area (Å²) in [7, 11) is 0. The van der Waals surface area contributed by atoms with Crippen LogP contribution in [0.25, 0.3) is 0 Å². The molecule has 3 heterocycles. The van der Waals surface area contributed by atoms with E-state index >= 15 is 0 Å². The van der Waals surface area contributed by atoms with E-state index in [0.29, 0.717) is 17.8 Å². The highest BCUT2D eigenvalue weighted by Crippen LogP contribution is 2.51. The van der Waals surface area contributed by atoms with E-state index in [4.69, 9.17) is 4.98 Å². The largest absolute Gasteiger partial charge is 0.294 e. The molecule has 0 bridgehead atoms. The molecule has 0 amide bonds. The van der Waals surface area contributed by atoms with Crippen molar-refractivity contribution in [2.45, 2.75) is 70.1 Å². The van der Waals surface area contributed by atoms with Gasteiger partial charge in [-0.3, -0.25) is 19.7 Å². The number of pyridine rings is 3. The van der Waals surface area contributed by atoms with Gasteiger partial charge in [0, 0.05) is 47.4 Å². The topological polar surface area (TPSA) is 55.7 Å². The van der Waals surface area contributed by atoms with Crippen LogP contribution < -0.4 is 0 Å². The number of Topliss-reactive ketones (excluding diaryl/α,β-unsaturated/α-hetero) is 1. The number of halogens is 1. The number of hydrogen-bond acceptors (Lipinski definition) is 4. The summed E-state index contributed by atoms with van der Waals surface area (Å²) in [6.45, 7) is 0. The minimum Gasteiger partial charge on any atom is -0.294 e. The fraction of sp³-hybridized carbons (Fsp3) is 0.389. The van der Waals surface area contributed by atoms with Crippen molar-refractivity contribution in [2.75, 3.05) is 0 Å². The second-order valence-electron chi connectivity index (χ2n) is 11.9. The molecule has 0 N–H and O–H groups in total. The lowest BCUT2D eigenvalue weighted by atomic mass is 9.67. The number of hydrogen-bond donors (Lipinski definition) is 0. The first kappa shape index (κ1) is 27.4. The number of nitrogens with zero attached hydrogens (tertiary/aromatic N) is 3. The Morgan fingerprint density at radius 2 is 1.66 bits per heavy atom. The lowest BCUT2D eigenvalue weighted by Gasteiger charge is -2.36. The number of ketones is 1. The summed E-state index contributed by atoms with van der Waals surface area (Å²) in [4.78, 5) is 27.8. The van der Waals surface area contributed by atoms with E-state index in [0.717, 1.165) is 92.4 Å². The Kier molecular flexibility index (Phi) is 8.60. The zero-order chi connectivity index (χ0) is 28.0. The quantitative estimate of drug-likeness (QED) is 0.161. The molecule has 210 valence electrons. The number of aromatic nitrogens is 3. The van der Waals surface area contributed by atoms with Crippen LogP contribution in [0.5, 0.6) is 0 Å². The highest BCUT2D eigenvalue weighted by molar-refractivity contribution is 5.99. The molecule has 2 aliphatic carbocycles. The molecule has 4 nitrogen and oxygen atoms in total. The van der Waals surface area contributed by atoms with E-state index in [-0.39, 0.29) is 17.5 Å². The molecule has 4 unspecified atom stereocenters. The summed E-state index contributed by atoms with van der Waals surface area (Å²) < 4.78 is 13.7. The lowest BCUT2D eigenvalue weighted by molar-refractivity contribution is 0.0723. The van der Waals surface area contributed by atoms with Crippen LogP contribution in [-0.4, -0.2) is 20.7 Å². The normalized spacial score (nSPS) is 21.3. The van der Waals surface area contributed by atoms with Gasteiger partial charge >= 0.3 is 0 Å². The number of aryl methyl sites for hydroxylation is 4. The van der Waals surface area contributed by atoms with E-state index in [1.54, 1.807) is 18.3 Å². The van der Waals surface area contributed by atoms with Gasteiger partial charge in [0.25, 0.3) is 0 Å². The van der Waals surface area contributed by atoms with Gasteiger partial charge in [0.05, 0.1) is 5.69 Å². The van der Waals surface area contributed by atoms with Crippen molar-refractivity contribution in [3.8, 4) is 0 Å². The number of carbonyl (C=O) groups excluding carboxylic acids is 1. The number of rotatable bonds is 13. The molecule has 4 atom stereocenters. The van der Waals surface area contributed by atoms with E-state index < -0.39 is 0 Å². The first-order valence-corrected chi connectivity index (χ1v) is 15.2. The fourth-order valence-electron chi connectivity index (χ4n) is 6.45. The first-order chi connectivity index (χ1) is 20.1. The smallest absolute Gasteiger partial charge is 0.168 e. The van der Waals surface area contributed by atoms with Crippen LogP contribution in [0.15, 0.2) is 85.3 Å². The van der Waals surface area contributed by atoms with Crippen molar-refractivity contribution >= 4 is 5.78 Å². The Hall–Kier alpha value is -3.73. The van der Waals surface area contributed by atoms with Crippen LogP contribution >= 0.6 is 0 Å². The lowest BCUT2D eigenvalue weighted by Crippen LogP contribution is -2.34. The van der Waals surface area contributed by atoms with Crippen molar-refractivity contribution in [1.29, 1.82) is 0 Å². The highest BCUT2D eigenvalue weighted by Gasteiger charge is 2.43. The SMILES string of the molecule is O=C(c1ccc(CCCc2ccccn2)nc1C1CC1CCc1cccc(F)c1)C1CCC1CCc1cccnc1. The second kappa shape index (κ2) is 12.8. The van der Waals surface area contributed by atoms with Gasteiger partial charge in [0.15, 0.2) is 5.78 Å². The van der Waals surface area contributed by atoms with Crippen LogP contribution in [0.2, 0.25) is 0 Å². The molecular formula is C36H38FN3O. The Morgan fingerprint density at radius 1 is 0.805 bits per heavy atom. The van der Waals surface area contributed by atoms with Crippen LogP contribution in [-0.2, 0) is 25.7 Å². The van der Waals surface area contributed by atoms with Gasteiger partial charge in [-0.1, -0.05) is 24.3 Å².